The number of ether oxygens (including phenoxy) is 2. The number of rotatable bonds is 6. The van der Waals surface area contributed by atoms with Gasteiger partial charge in [0.1, 0.15) is 0 Å². The van der Waals surface area contributed by atoms with Gasteiger partial charge in [-0.1, -0.05) is 23.7 Å². The van der Waals surface area contributed by atoms with E-state index in [2.05, 4.69) is 10.6 Å². The van der Waals surface area contributed by atoms with Gasteiger partial charge in [0.25, 0.3) is 0 Å². The molecule has 0 aromatic heterocycles. The lowest BCUT2D eigenvalue weighted by Crippen LogP contribution is -2.31. The summed E-state index contributed by atoms with van der Waals surface area (Å²) in [5.41, 5.74) is 1.60. The molecule has 1 atom stereocenters. The second-order valence-electron chi connectivity index (χ2n) is 5.17. The fourth-order valence-corrected chi connectivity index (χ4v) is 2.35. The maximum absolute atomic E-state index is 12.2. The van der Waals surface area contributed by atoms with Crippen molar-refractivity contribution in [2.45, 2.75) is 19.9 Å². The number of methoxy groups -OCH3 is 1. The van der Waals surface area contributed by atoms with Gasteiger partial charge >= 0.3 is 6.03 Å². The summed E-state index contributed by atoms with van der Waals surface area (Å²) in [5.74, 6) is 1.21. The Labute approximate surface area is 146 Å². The fourth-order valence-electron chi connectivity index (χ4n) is 2.22. The molecule has 24 heavy (non-hydrogen) atoms. The highest BCUT2D eigenvalue weighted by Gasteiger charge is 2.11. The zero-order chi connectivity index (χ0) is 17.5. The second kappa shape index (κ2) is 8.45. The van der Waals surface area contributed by atoms with Gasteiger partial charge < -0.3 is 20.1 Å². The number of hydrogen-bond acceptors (Lipinski definition) is 3. The van der Waals surface area contributed by atoms with Crippen LogP contribution in [0.1, 0.15) is 25.5 Å². The molecule has 2 rings (SSSR count). The van der Waals surface area contributed by atoms with Crippen molar-refractivity contribution in [2.24, 2.45) is 0 Å². The zero-order valence-corrected chi connectivity index (χ0v) is 14.7. The number of benzene rings is 2. The van der Waals surface area contributed by atoms with Crippen LogP contribution in [0.4, 0.5) is 10.5 Å². The van der Waals surface area contributed by atoms with Crippen LogP contribution < -0.4 is 20.1 Å². The number of nitrogens with one attached hydrogen (secondary N) is 2. The average Bonchev–Trinajstić information content (AvgIpc) is 2.56. The molecule has 0 fully saturated rings. The van der Waals surface area contributed by atoms with E-state index in [-0.39, 0.29) is 12.1 Å². The molecule has 0 bridgehead atoms. The molecule has 0 saturated carbocycles. The van der Waals surface area contributed by atoms with Gasteiger partial charge in [-0.15, -0.1) is 0 Å². The van der Waals surface area contributed by atoms with Crippen molar-refractivity contribution in [3.63, 3.8) is 0 Å². The number of anilines is 1. The number of carbonyl (C=O) groups is 1. The number of urea groups is 1. The van der Waals surface area contributed by atoms with Crippen LogP contribution in [-0.4, -0.2) is 19.7 Å². The van der Waals surface area contributed by atoms with Crippen molar-refractivity contribution in [3.05, 3.63) is 53.1 Å². The SMILES string of the molecule is CCOc1cc(NC(=O)NC(C)c2ccc(Cl)cc2)ccc1OC. The molecule has 2 amide bonds. The molecular weight excluding hydrogens is 328 g/mol. The monoisotopic (exact) mass is 348 g/mol. The van der Waals surface area contributed by atoms with Crippen LogP contribution in [0.5, 0.6) is 11.5 Å². The Morgan fingerprint density at radius 1 is 1.17 bits per heavy atom. The van der Waals surface area contributed by atoms with E-state index in [9.17, 15) is 4.79 Å². The van der Waals surface area contributed by atoms with Crippen LogP contribution in [-0.2, 0) is 0 Å². The lowest BCUT2D eigenvalue weighted by atomic mass is 10.1. The minimum absolute atomic E-state index is 0.146. The van der Waals surface area contributed by atoms with Crippen molar-refractivity contribution in [1.82, 2.24) is 5.32 Å². The quantitative estimate of drug-likeness (QED) is 0.800. The Balaban J connectivity index is 2.01. The summed E-state index contributed by atoms with van der Waals surface area (Å²) in [6.45, 7) is 4.31. The average molecular weight is 349 g/mol. The Kier molecular flexibility index (Phi) is 6.32. The van der Waals surface area contributed by atoms with Crippen molar-refractivity contribution in [3.8, 4) is 11.5 Å². The molecule has 2 N–H and O–H groups in total. The van der Waals surface area contributed by atoms with E-state index < -0.39 is 0 Å². The normalized spacial score (nSPS) is 11.5. The van der Waals surface area contributed by atoms with Gasteiger partial charge in [-0.25, -0.2) is 4.79 Å². The summed E-state index contributed by atoms with van der Waals surface area (Å²) in [6.07, 6.45) is 0. The fraction of sp³-hybridized carbons (Fsp3) is 0.278. The molecule has 0 aliphatic rings. The Morgan fingerprint density at radius 3 is 2.50 bits per heavy atom. The van der Waals surface area contributed by atoms with Crippen molar-refractivity contribution in [2.75, 3.05) is 19.0 Å². The topological polar surface area (TPSA) is 59.6 Å². The summed E-state index contributed by atoms with van der Waals surface area (Å²) in [7, 11) is 1.57. The molecule has 0 radical (unpaired) electrons. The largest absolute Gasteiger partial charge is 0.493 e. The van der Waals surface area contributed by atoms with Gasteiger partial charge in [0, 0.05) is 16.8 Å². The van der Waals surface area contributed by atoms with E-state index >= 15 is 0 Å². The first-order chi connectivity index (χ1) is 11.5. The van der Waals surface area contributed by atoms with E-state index in [1.54, 1.807) is 37.4 Å². The number of carbonyl (C=O) groups excluding carboxylic acids is 1. The van der Waals surface area contributed by atoms with Crippen LogP contribution in [0.3, 0.4) is 0 Å². The molecule has 6 heteroatoms. The number of hydrogen-bond donors (Lipinski definition) is 2. The van der Waals surface area contributed by atoms with Crippen molar-refractivity contribution >= 4 is 23.3 Å². The smallest absolute Gasteiger partial charge is 0.319 e. The Morgan fingerprint density at radius 2 is 1.88 bits per heavy atom. The van der Waals surface area contributed by atoms with Crippen molar-refractivity contribution < 1.29 is 14.3 Å². The van der Waals surface area contributed by atoms with Gasteiger partial charge in [0.05, 0.1) is 19.8 Å². The summed E-state index contributed by atoms with van der Waals surface area (Å²) < 4.78 is 10.7. The molecule has 0 saturated heterocycles. The highest BCUT2D eigenvalue weighted by Crippen LogP contribution is 2.30. The highest BCUT2D eigenvalue weighted by atomic mass is 35.5. The minimum atomic E-state index is -0.301. The van der Waals surface area contributed by atoms with E-state index in [1.807, 2.05) is 26.0 Å². The highest BCUT2D eigenvalue weighted by molar-refractivity contribution is 6.30. The van der Waals surface area contributed by atoms with E-state index in [0.717, 1.165) is 5.56 Å². The number of halogens is 1. The Bertz CT molecular complexity index is 689. The third kappa shape index (κ3) is 4.80. The summed E-state index contributed by atoms with van der Waals surface area (Å²) in [6, 6.07) is 12.2. The van der Waals surface area contributed by atoms with Crippen LogP contribution in [0.25, 0.3) is 0 Å². The predicted octanol–water partition coefficient (Wildman–Crippen LogP) is 4.63. The first kappa shape index (κ1) is 17.9. The molecule has 0 spiro atoms. The number of amides is 2. The minimum Gasteiger partial charge on any atom is -0.493 e. The van der Waals surface area contributed by atoms with Crippen LogP contribution in [0, 0.1) is 0 Å². The van der Waals surface area contributed by atoms with Crippen LogP contribution in [0.15, 0.2) is 42.5 Å². The van der Waals surface area contributed by atoms with Crippen LogP contribution >= 0.6 is 11.6 Å². The van der Waals surface area contributed by atoms with E-state index in [4.69, 9.17) is 21.1 Å². The summed E-state index contributed by atoms with van der Waals surface area (Å²) >= 11 is 5.87. The van der Waals surface area contributed by atoms with Crippen molar-refractivity contribution in [1.29, 1.82) is 0 Å². The Hall–Kier alpha value is -2.40. The molecule has 1 unspecified atom stereocenters. The van der Waals surface area contributed by atoms with Gasteiger partial charge in [0.15, 0.2) is 11.5 Å². The molecule has 0 aliphatic heterocycles. The molecule has 2 aromatic rings. The van der Waals surface area contributed by atoms with Gasteiger partial charge in [-0.2, -0.15) is 0 Å². The first-order valence-electron chi connectivity index (χ1n) is 7.67. The second-order valence-corrected chi connectivity index (χ2v) is 5.61. The molecule has 5 nitrogen and oxygen atoms in total. The standard InChI is InChI=1S/C18H21ClN2O3/c1-4-24-17-11-15(9-10-16(17)23-3)21-18(22)20-12(2)13-5-7-14(19)8-6-13/h5-12H,4H2,1-3H3,(H2,20,21,22). The first-order valence-corrected chi connectivity index (χ1v) is 8.05. The lowest BCUT2D eigenvalue weighted by molar-refractivity contribution is 0.249. The van der Waals surface area contributed by atoms with E-state index in [1.165, 1.54) is 0 Å². The third-order valence-electron chi connectivity index (χ3n) is 3.44. The molecular formula is C18H21ClN2O3. The molecule has 128 valence electrons. The van der Waals surface area contributed by atoms with Crippen LogP contribution in [0.2, 0.25) is 5.02 Å². The molecule has 0 aliphatic carbocycles. The van der Waals surface area contributed by atoms with Gasteiger partial charge in [-0.3, -0.25) is 0 Å². The van der Waals surface area contributed by atoms with Gasteiger partial charge in [-0.05, 0) is 43.7 Å². The summed E-state index contributed by atoms with van der Waals surface area (Å²) in [5, 5.41) is 6.34. The maximum Gasteiger partial charge on any atom is 0.319 e. The van der Waals surface area contributed by atoms with Gasteiger partial charge in [0.2, 0.25) is 0 Å². The molecule has 2 aromatic carbocycles. The van der Waals surface area contributed by atoms with E-state index in [0.29, 0.717) is 28.8 Å². The predicted molar refractivity (Wildman–Crippen MR) is 96.2 cm³/mol. The summed E-state index contributed by atoms with van der Waals surface area (Å²) in [4.78, 5) is 12.2. The maximum atomic E-state index is 12.2. The molecule has 0 heterocycles. The lowest BCUT2D eigenvalue weighted by Gasteiger charge is -2.16. The zero-order valence-electron chi connectivity index (χ0n) is 13.9. The third-order valence-corrected chi connectivity index (χ3v) is 3.69.